The molecule has 37 heavy (non-hydrogen) atoms. The van der Waals surface area contributed by atoms with Crippen molar-refractivity contribution in [2.24, 2.45) is 0 Å². The monoisotopic (exact) mass is 500 g/mol. The van der Waals surface area contributed by atoms with Crippen LogP contribution in [0.4, 0.5) is 0 Å². The number of Topliss-reactive ketones (excluding diaryl/α,β-unsaturated/α-hetero) is 1. The molecule has 8 nitrogen and oxygen atoms in total. The quantitative estimate of drug-likeness (QED) is 0.209. The minimum Gasteiger partial charge on any atom is -0.507 e. The first kappa shape index (κ1) is 25.6. The van der Waals surface area contributed by atoms with E-state index < -0.39 is 23.7 Å². The van der Waals surface area contributed by atoms with Gasteiger partial charge in [-0.25, -0.2) is 4.79 Å². The van der Waals surface area contributed by atoms with E-state index in [9.17, 15) is 19.5 Å². The van der Waals surface area contributed by atoms with Gasteiger partial charge in [-0.3, -0.25) is 14.6 Å². The predicted molar refractivity (Wildman–Crippen MR) is 137 cm³/mol. The summed E-state index contributed by atoms with van der Waals surface area (Å²) >= 11 is 0. The Morgan fingerprint density at radius 1 is 1.03 bits per heavy atom. The highest BCUT2D eigenvalue weighted by atomic mass is 16.5. The van der Waals surface area contributed by atoms with E-state index in [-0.39, 0.29) is 24.5 Å². The maximum atomic E-state index is 13.3. The van der Waals surface area contributed by atoms with Crippen LogP contribution < -0.4 is 4.74 Å². The summed E-state index contributed by atoms with van der Waals surface area (Å²) in [6.45, 7) is 6.32. The van der Waals surface area contributed by atoms with Crippen molar-refractivity contribution in [1.82, 2.24) is 9.88 Å². The molecule has 1 aliphatic heterocycles. The maximum Gasteiger partial charge on any atom is 0.338 e. The third kappa shape index (κ3) is 5.23. The Morgan fingerprint density at radius 3 is 2.38 bits per heavy atom. The topological polar surface area (TPSA) is 106 Å². The second kappa shape index (κ2) is 11.1. The number of hydrogen-bond acceptors (Lipinski definition) is 7. The summed E-state index contributed by atoms with van der Waals surface area (Å²) in [7, 11) is 0. The molecule has 8 heteroatoms. The second-order valence-corrected chi connectivity index (χ2v) is 8.54. The fourth-order valence-electron chi connectivity index (χ4n) is 4.35. The predicted octanol–water partition coefficient (Wildman–Crippen LogP) is 4.59. The van der Waals surface area contributed by atoms with Crippen LogP contribution in [0.2, 0.25) is 0 Å². The van der Waals surface area contributed by atoms with E-state index in [1.54, 1.807) is 73.9 Å². The van der Waals surface area contributed by atoms with Crippen LogP contribution in [-0.2, 0) is 20.9 Å². The standard InChI is InChI=1S/C29H28N2O6/c1-4-36-23-13-12-21(15-18(23)3)26(32)24-25(22-7-6-14-30-16-22)31(28(34)27(24)33)17-19-8-10-20(11-9-19)29(35)37-5-2/h6-16,25,32H,4-5,17H2,1-3H3/b26-24-. The molecule has 1 atom stereocenters. The Balaban J connectivity index is 1.74. The maximum absolute atomic E-state index is 13.3. The third-order valence-electron chi connectivity index (χ3n) is 6.11. The first-order valence-electron chi connectivity index (χ1n) is 12.0. The first-order valence-corrected chi connectivity index (χ1v) is 12.0. The lowest BCUT2D eigenvalue weighted by Crippen LogP contribution is -2.29. The van der Waals surface area contributed by atoms with E-state index in [0.717, 1.165) is 5.56 Å². The molecule has 0 spiro atoms. The van der Waals surface area contributed by atoms with Gasteiger partial charge in [-0.1, -0.05) is 18.2 Å². The van der Waals surface area contributed by atoms with Gasteiger partial charge in [-0.2, -0.15) is 0 Å². The molecule has 0 saturated carbocycles. The molecule has 1 amide bonds. The number of hydrogen-bond donors (Lipinski definition) is 1. The van der Waals surface area contributed by atoms with Crippen LogP contribution in [0, 0.1) is 6.92 Å². The first-order chi connectivity index (χ1) is 17.8. The fourth-order valence-corrected chi connectivity index (χ4v) is 4.35. The van der Waals surface area contributed by atoms with E-state index in [1.807, 2.05) is 13.8 Å². The van der Waals surface area contributed by atoms with Gasteiger partial charge in [0, 0.05) is 24.5 Å². The molecule has 3 aromatic rings. The number of likely N-dealkylation sites (tertiary alicyclic amines) is 1. The van der Waals surface area contributed by atoms with Crippen molar-refractivity contribution < 1.29 is 29.0 Å². The number of aliphatic hydroxyl groups is 1. The number of aryl methyl sites for hydroxylation is 1. The van der Waals surface area contributed by atoms with E-state index in [2.05, 4.69) is 4.98 Å². The number of aromatic nitrogens is 1. The summed E-state index contributed by atoms with van der Waals surface area (Å²) in [5, 5.41) is 11.3. The molecule has 2 heterocycles. The lowest BCUT2D eigenvalue weighted by molar-refractivity contribution is -0.140. The number of ketones is 1. The van der Waals surface area contributed by atoms with Crippen LogP contribution in [-0.4, -0.2) is 45.9 Å². The number of carbonyl (C=O) groups is 3. The number of rotatable bonds is 8. The highest BCUT2D eigenvalue weighted by Crippen LogP contribution is 2.40. The summed E-state index contributed by atoms with van der Waals surface area (Å²) in [4.78, 5) is 44.0. The van der Waals surface area contributed by atoms with Gasteiger partial charge >= 0.3 is 5.97 Å². The third-order valence-corrected chi connectivity index (χ3v) is 6.11. The molecule has 1 aromatic heterocycles. The zero-order valence-electron chi connectivity index (χ0n) is 20.9. The Labute approximate surface area is 215 Å². The lowest BCUT2D eigenvalue weighted by atomic mass is 9.95. The lowest BCUT2D eigenvalue weighted by Gasteiger charge is -2.25. The average molecular weight is 501 g/mol. The number of esters is 1. The fraction of sp³-hybridized carbons (Fsp3) is 0.241. The summed E-state index contributed by atoms with van der Waals surface area (Å²) in [5.74, 6) is -1.53. The summed E-state index contributed by atoms with van der Waals surface area (Å²) < 4.78 is 10.6. The molecule has 1 unspecified atom stereocenters. The normalized spacial score (nSPS) is 16.6. The average Bonchev–Trinajstić information content (AvgIpc) is 3.15. The van der Waals surface area contributed by atoms with Gasteiger partial charge in [-0.05, 0) is 73.9 Å². The highest BCUT2D eigenvalue weighted by molar-refractivity contribution is 6.46. The van der Waals surface area contributed by atoms with Gasteiger partial charge in [0.1, 0.15) is 11.5 Å². The van der Waals surface area contributed by atoms with Crippen LogP contribution in [0.25, 0.3) is 5.76 Å². The number of pyridine rings is 1. The van der Waals surface area contributed by atoms with Gasteiger partial charge in [-0.15, -0.1) is 0 Å². The second-order valence-electron chi connectivity index (χ2n) is 8.54. The summed E-state index contributed by atoms with van der Waals surface area (Å²) in [5.41, 5.74) is 2.88. The molecule has 190 valence electrons. The molecule has 2 aromatic carbocycles. The minimum atomic E-state index is -0.842. The van der Waals surface area contributed by atoms with Gasteiger partial charge < -0.3 is 19.5 Å². The smallest absolute Gasteiger partial charge is 0.338 e. The van der Waals surface area contributed by atoms with Crippen molar-refractivity contribution >= 4 is 23.4 Å². The van der Waals surface area contributed by atoms with E-state index >= 15 is 0 Å². The highest BCUT2D eigenvalue weighted by Gasteiger charge is 2.46. The van der Waals surface area contributed by atoms with Crippen LogP contribution in [0.1, 0.15) is 52.5 Å². The molecule has 4 rings (SSSR count). The van der Waals surface area contributed by atoms with Gasteiger partial charge in [0.2, 0.25) is 0 Å². The minimum absolute atomic E-state index is 0.00953. The van der Waals surface area contributed by atoms with Crippen molar-refractivity contribution in [1.29, 1.82) is 0 Å². The molecule has 1 saturated heterocycles. The van der Waals surface area contributed by atoms with Gasteiger partial charge in [0.15, 0.2) is 0 Å². The number of aliphatic hydroxyl groups excluding tert-OH is 1. The Hall–Kier alpha value is -4.46. The van der Waals surface area contributed by atoms with Crippen molar-refractivity contribution in [2.45, 2.75) is 33.4 Å². The van der Waals surface area contributed by atoms with Crippen molar-refractivity contribution in [2.75, 3.05) is 13.2 Å². The molecule has 1 aliphatic rings. The van der Waals surface area contributed by atoms with Crippen molar-refractivity contribution in [3.05, 3.63) is 100 Å². The van der Waals surface area contributed by atoms with E-state index in [0.29, 0.717) is 34.6 Å². The Kier molecular flexibility index (Phi) is 7.67. The van der Waals surface area contributed by atoms with Crippen LogP contribution in [0.15, 0.2) is 72.6 Å². The summed E-state index contributed by atoms with van der Waals surface area (Å²) in [6.07, 6.45) is 3.17. The zero-order valence-corrected chi connectivity index (χ0v) is 20.9. The van der Waals surface area contributed by atoms with Gasteiger partial charge in [0.05, 0.1) is 30.4 Å². The molecular formula is C29H28N2O6. The van der Waals surface area contributed by atoms with Crippen LogP contribution in [0.3, 0.4) is 0 Å². The molecule has 1 N–H and O–H groups in total. The molecule has 0 bridgehead atoms. The molecule has 0 radical (unpaired) electrons. The Bertz CT molecular complexity index is 1350. The van der Waals surface area contributed by atoms with E-state index in [1.165, 1.54) is 4.90 Å². The van der Waals surface area contributed by atoms with Crippen molar-refractivity contribution in [3.63, 3.8) is 0 Å². The molecule has 1 fully saturated rings. The molecule has 0 aliphatic carbocycles. The number of carbonyl (C=O) groups excluding carboxylic acids is 3. The van der Waals surface area contributed by atoms with Gasteiger partial charge in [0.25, 0.3) is 11.7 Å². The number of nitrogens with zero attached hydrogens (tertiary/aromatic N) is 2. The van der Waals surface area contributed by atoms with Crippen molar-refractivity contribution in [3.8, 4) is 5.75 Å². The number of benzene rings is 2. The van der Waals surface area contributed by atoms with Crippen LogP contribution >= 0.6 is 0 Å². The summed E-state index contributed by atoms with van der Waals surface area (Å²) in [6, 6.07) is 14.4. The van der Waals surface area contributed by atoms with Crippen LogP contribution in [0.5, 0.6) is 5.75 Å². The van der Waals surface area contributed by atoms with E-state index in [4.69, 9.17) is 9.47 Å². The molecular weight excluding hydrogens is 472 g/mol. The Morgan fingerprint density at radius 2 is 1.76 bits per heavy atom. The SMILES string of the molecule is CCOC(=O)c1ccc(CN2C(=O)C(=O)/C(=C(\O)c3ccc(OCC)c(C)c3)C2c2cccnc2)cc1. The largest absolute Gasteiger partial charge is 0.507 e. The number of ether oxygens (including phenoxy) is 2. The zero-order chi connectivity index (χ0) is 26.5. The number of amides is 1.